The third-order valence-electron chi connectivity index (χ3n) is 1.82. The SMILES string of the molecule is CCCCC(CC=O)C(=O)OC. The highest BCUT2D eigenvalue weighted by Crippen LogP contribution is 2.12. The molecular formula is C9H16O3. The lowest BCUT2D eigenvalue weighted by Crippen LogP contribution is -2.16. The minimum atomic E-state index is -0.268. The lowest BCUT2D eigenvalue weighted by atomic mass is 9.99. The first kappa shape index (κ1) is 11.1. The summed E-state index contributed by atoms with van der Waals surface area (Å²) in [6.45, 7) is 2.05. The summed E-state index contributed by atoms with van der Waals surface area (Å²) in [5.41, 5.74) is 0. The molecule has 0 aromatic carbocycles. The molecule has 0 rings (SSSR count). The second-order valence-corrected chi connectivity index (χ2v) is 2.76. The number of carbonyl (C=O) groups excluding carboxylic acids is 2. The van der Waals surface area contributed by atoms with Crippen LogP contribution >= 0.6 is 0 Å². The standard InChI is InChI=1S/C9H16O3/c1-3-4-5-8(6-7-10)9(11)12-2/h7-8H,3-6H2,1-2H3. The maximum absolute atomic E-state index is 11.0. The molecule has 12 heavy (non-hydrogen) atoms. The lowest BCUT2D eigenvalue weighted by molar-refractivity contribution is -0.146. The Morgan fingerprint density at radius 2 is 2.25 bits per heavy atom. The van der Waals surface area contributed by atoms with Gasteiger partial charge in [-0.15, -0.1) is 0 Å². The van der Waals surface area contributed by atoms with E-state index in [9.17, 15) is 9.59 Å². The summed E-state index contributed by atoms with van der Waals surface area (Å²) in [6, 6.07) is 0. The second-order valence-electron chi connectivity index (χ2n) is 2.76. The molecule has 0 aliphatic heterocycles. The van der Waals surface area contributed by atoms with E-state index >= 15 is 0 Å². The quantitative estimate of drug-likeness (QED) is 0.451. The first-order valence-electron chi connectivity index (χ1n) is 4.27. The number of ether oxygens (including phenoxy) is 1. The van der Waals surface area contributed by atoms with E-state index < -0.39 is 0 Å². The zero-order chi connectivity index (χ0) is 9.40. The van der Waals surface area contributed by atoms with Gasteiger partial charge in [-0.1, -0.05) is 19.8 Å². The van der Waals surface area contributed by atoms with Crippen LogP contribution in [0.5, 0.6) is 0 Å². The molecule has 0 bridgehead atoms. The number of hydrogen-bond acceptors (Lipinski definition) is 3. The second kappa shape index (κ2) is 6.83. The van der Waals surface area contributed by atoms with E-state index in [4.69, 9.17) is 0 Å². The largest absolute Gasteiger partial charge is 0.469 e. The number of unbranched alkanes of at least 4 members (excludes halogenated alkanes) is 1. The Labute approximate surface area is 73.1 Å². The van der Waals surface area contributed by atoms with Crippen LogP contribution in [0.25, 0.3) is 0 Å². The highest BCUT2D eigenvalue weighted by molar-refractivity contribution is 5.75. The van der Waals surface area contributed by atoms with E-state index in [0.29, 0.717) is 0 Å². The zero-order valence-corrected chi connectivity index (χ0v) is 7.71. The Morgan fingerprint density at radius 1 is 1.58 bits per heavy atom. The molecule has 0 N–H and O–H groups in total. The summed E-state index contributed by atoms with van der Waals surface area (Å²) < 4.78 is 4.56. The van der Waals surface area contributed by atoms with Crippen LogP contribution in [-0.2, 0) is 14.3 Å². The van der Waals surface area contributed by atoms with Gasteiger partial charge in [0.1, 0.15) is 6.29 Å². The monoisotopic (exact) mass is 172 g/mol. The van der Waals surface area contributed by atoms with Gasteiger partial charge in [0.2, 0.25) is 0 Å². The topological polar surface area (TPSA) is 43.4 Å². The number of carbonyl (C=O) groups is 2. The van der Waals surface area contributed by atoms with Gasteiger partial charge < -0.3 is 9.53 Å². The van der Waals surface area contributed by atoms with E-state index in [1.165, 1.54) is 7.11 Å². The molecule has 0 aromatic heterocycles. The van der Waals surface area contributed by atoms with Crippen molar-refractivity contribution in [2.24, 2.45) is 5.92 Å². The van der Waals surface area contributed by atoms with Crippen LogP contribution in [0.1, 0.15) is 32.6 Å². The molecule has 3 heteroatoms. The summed E-state index contributed by atoms with van der Waals surface area (Å²) in [5, 5.41) is 0. The maximum Gasteiger partial charge on any atom is 0.309 e. The molecule has 0 radical (unpaired) electrons. The van der Waals surface area contributed by atoms with Gasteiger partial charge >= 0.3 is 5.97 Å². The molecule has 0 heterocycles. The summed E-state index contributed by atoms with van der Waals surface area (Å²) >= 11 is 0. The Bertz CT molecular complexity index is 143. The van der Waals surface area contributed by atoms with Crippen molar-refractivity contribution in [3.63, 3.8) is 0 Å². The Hall–Kier alpha value is -0.860. The molecule has 0 fully saturated rings. The molecule has 1 atom stereocenters. The van der Waals surface area contributed by atoms with Gasteiger partial charge in [-0.2, -0.15) is 0 Å². The predicted molar refractivity (Wildman–Crippen MR) is 45.7 cm³/mol. The fourth-order valence-electron chi connectivity index (χ4n) is 1.07. The molecule has 3 nitrogen and oxygen atoms in total. The highest BCUT2D eigenvalue weighted by Gasteiger charge is 2.17. The summed E-state index contributed by atoms with van der Waals surface area (Å²) in [6.07, 6.45) is 3.81. The highest BCUT2D eigenvalue weighted by atomic mass is 16.5. The maximum atomic E-state index is 11.0. The van der Waals surface area contributed by atoms with Gasteiger partial charge in [-0.05, 0) is 6.42 Å². The van der Waals surface area contributed by atoms with Crippen LogP contribution in [0.15, 0.2) is 0 Å². The molecule has 0 amide bonds. The van der Waals surface area contributed by atoms with Crippen molar-refractivity contribution >= 4 is 12.3 Å². The Balaban J connectivity index is 3.84. The average molecular weight is 172 g/mol. The molecule has 0 aliphatic carbocycles. The number of esters is 1. The number of hydrogen-bond donors (Lipinski definition) is 0. The van der Waals surface area contributed by atoms with Crippen molar-refractivity contribution in [3.05, 3.63) is 0 Å². The molecule has 0 aromatic rings. The molecule has 0 saturated carbocycles. The van der Waals surface area contributed by atoms with Gasteiger partial charge in [-0.3, -0.25) is 4.79 Å². The van der Waals surface area contributed by atoms with E-state index in [0.717, 1.165) is 25.5 Å². The van der Waals surface area contributed by atoms with Crippen LogP contribution < -0.4 is 0 Å². The third kappa shape index (κ3) is 4.11. The Kier molecular flexibility index (Phi) is 6.34. The third-order valence-corrected chi connectivity index (χ3v) is 1.82. The van der Waals surface area contributed by atoms with Gasteiger partial charge in [0, 0.05) is 6.42 Å². The molecule has 0 aliphatic rings. The van der Waals surface area contributed by atoms with Crippen molar-refractivity contribution in [1.82, 2.24) is 0 Å². The molecule has 70 valence electrons. The van der Waals surface area contributed by atoms with Gasteiger partial charge in [0.25, 0.3) is 0 Å². The van der Waals surface area contributed by atoms with Crippen molar-refractivity contribution in [2.75, 3.05) is 7.11 Å². The van der Waals surface area contributed by atoms with Crippen molar-refractivity contribution in [1.29, 1.82) is 0 Å². The molecule has 1 unspecified atom stereocenters. The first-order valence-corrected chi connectivity index (χ1v) is 4.27. The van der Waals surface area contributed by atoms with E-state index in [1.807, 2.05) is 0 Å². The average Bonchev–Trinajstić information content (AvgIpc) is 2.11. The molecular weight excluding hydrogens is 156 g/mol. The van der Waals surface area contributed by atoms with Crippen LogP contribution in [0.2, 0.25) is 0 Å². The van der Waals surface area contributed by atoms with Crippen LogP contribution in [0.4, 0.5) is 0 Å². The van der Waals surface area contributed by atoms with Crippen LogP contribution in [0.3, 0.4) is 0 Å². The smallest absolute Gasteiger partial charge is 0.309 e. The number of rotatable bonds is 6. The van der Waals surface area contributed by atoms with Crippen molar-refractivity contribution in [2.45, 2.75) is 32.6 Å². The van der Waals surface area contributed by atoms with E-state index in [-0.39, 0.29) is 18.3 Å². The van der Waals surface area contributed by atoms with Crippen molar-refractivity contribution < 1.29 is 14.3 Å². The molecule has 0 spiro atoms. The van der Waals surface area contributed by atoms with E-state index in [2.05, 4.69) is 11.7 Å². The number of aldehydes is 1. The van der Waals surface area contributed by atoms with E-state index in [1.54, 1.807) is 0 Å². The number of methoxy groups -OCH3 is 1. The fraction of sp³-hybridized carbons (Fsp3) is 0.778. The minimum absolute atomic E-state index is 0.229. The Morgan fingerprint density at radius 3 is 2.67 bits per heavy atom. The zero-order valence-electron chi connectivity index (χ0n) is 7.71. The van der Waals surface area contributed by atoms with Crippen LogP contribution in [0, 0.1) is 5.92 Å². The fourth-order valence-corrected chi connectivity index (χ4v) is 1.07. The predicted octanol–water partition coefficient (Wildman–Crippen LogP) is 1.55. The van der Waals surface area contributed by atoms with Gasteiger partial charge in [0.15, 0.2) is 0 Å². The minimum Gasteiger partial charge on any atom is -0.469 e. The summed E-state index contributed by atoms with van der Waals surface area (Å²) in [4.78, 5) is 21.2. The van der Waals surface area contributed by atoms with Gasteiger partial charge in [0.05, 0.1) is 13.0 Å². The van der Waals surface area contributed by atoms with Gasteiger partial charge in [-0.25, -0.2) is 0 Å². The first-order chi connectivity index (χ1) is 5.76. The normalized spacial score (nSPS) is 12.2. The summed E-state index contributed by atoms with van der Waals surface area (Å²) in [7, 11) is 1.35. The van der Waals surface area contributed by atoms with Crippen molar-refractivity contribution in [3.8, 4) is 0 Å². The lowest BCUT2D eigenvalue weighted by Gasteiger charge is -2.09. The molecule has 0 saturated heterocycles. The van der Waals surface area contributed by atoms with Crippen LogP contribution in [-0.4, -0.2) is 19.4 Å². The summed E-state index contributed by atoms with van der Waals surface area (Å²) in [5.74, 6) is -0.497.